The van der Waals surface area contributed by atoms with E-state index in [2.05, 4.69) is 9.97 Å². The van der Waals surface area contributed by atoms with E-state index in [-0.39, 0.29) is 5.41 Å². The third-order valence-corrected chi connectivity index (χ3v) is 3.37. The summed E-state index contributed by atoms with van der Waals surface area (Å²) >= 11 is 0. The first-order valence-electron chi connectivity index (χ1n) is 5.33. The van der Waals surface area contributed by atoms with E-state index in [4.69, 9.17) is 5.73 Å². The zero-order valence-electron chi connectivity index (χ0n) is 8.45. The first kappa shape index (κ1) is 9.59. The summed E-state index contributed by atoms with van der Waals surface area (Å²) in [4.78, 5) is 8.17. The molecule has 1 heterocycles. The maximum atomic E-state index is 5.91. The fourth-order valence-corrected chi connectivity index (χ4v) is 2.41. The lowest BCUT2D eigenvalue weighted by molar-refractivity contribution is 0.299. The van der Waals surface area contributed by atoms with Crippen LogP contribution in [-0.2, 0) is 5.41 Å². The summed E-state index contributed by atoms with van der Waals surface area (Å²) in [5.74, 6) is 0. The largest absolute Gasteiger partial charge is 0.330 e. The lowest BCUT2D eigenvalue weighted by Crippen LogP contribution is -2.37. The Labute approximate surface area is 84.8 Å². The van der Waals surface area contributed by atoms with Crippen LogP contribution in [0.3, 0.4) is 0 Å². The standard InChI is InChI=1S/C11H17N3/c12-8-11(4-2-1-3-5-11)10-6-13-9-14-7-10/h6-7,9H,1-5,8,12H2. The molecule has 0 amide bonds. The highest BCUT2D eigenvalue weighted by Gasteiger charge is 2.32. The first-order chi connectivity index (χ1) is 6.87. The van der Waals surface area contributed by atoms with E-state index in [9.17, 15) is 0 Å². The van der Waals surface area contributed by atoms with Crippen LogP contribution in [0.25, 0.3) is 0 Å². The van der Waals surface area contributed by atoms with Gasteiger partial charge >= 0.3 is 0 Å². The highest BCUT2D eigenvalue weighted by Crippen LogP contribution is 2.37. The van der Waals surface area contributed by atoms with Crippen molar-refractivity contribution >= 4 is 0 Å². The van der Waals surface area contributed by atoms with Gasteiger partial charge in [0.2, 0.25) is 0 Å². The minimum atomic E-state index is 0.166. The second-order valence-electron chi connectivity index (χ2n) is 4.17. The summed E-state index contributed by atoms with van der Waals surface area (Å²) in [5, 5.41) is 0. The van der Waals surface area contributed by atoms with Gasteiger partial charge in [-0.3, -0.25) is 0 Å². The molecule has 2 N–H and O–H groups in total. The molecule has 0 bridgehead atoms. The Morgan fingerprint density at radius 2 is 1.79 bits per heavy atom. The quantitative estimate of drug-likeness (QED) is 0.773. The third kappa shape index (κ3) is 1.64. The van der Waals surface area contributed by atoms with Crippen molar-refractivity contribution in [3.05, 3.63) is 24.3 Å². The molecule has 0 atom stereocenters. The van der Waals surface area contributed by atoms with Crippen molar-refractivity contribution in [1.29, 1.82) is 0 Å². The number of aromatic nitrogens is 2. The molecule has 1 fully saturated rings. The highest BCUT2D eigenvalue weighted by molar-refractivity contribution is 5.20. The molecule has 1 saturated carbocycles. The van der Waals surface area contributed by atoms with Crippen molar-refractivity contribution in [1.82, 2.24) is 9.97 Å². The summed E-state index contributed by atoms with van der Waals surface area (Å²) in [7, 11) is 0. The SMILES string of the molecule is NCC1(c2cncnc2)CCCCC1. The molecular weight excluding hydrogens is 174 g/mol. The van der Waals surface area contributed by atoms with Gasteiger partial charge < -0.3 is 5.73 Å². The molecule has 3 nitrogen and oxygen atoms in total. The van der Waals surface area contributed by atoms with Gasteiger partial charge in [0.05, 0.1) is 0 Å². The van der Waals surface area contributed by atoms with Crippen molar-refractivity contribution in [3.63, 3.8) is 0 Å². The van der Waals surface area contributed by atoms with Crippen LogP contribution in [0.1, 0.15) is 37.7 Å². The zero-order chi connectivity index (χ0) is 9.86. The number of hydrogen-bond acceptors (Lipinski definition) is 3. The molecule has 76 valence electrons. The zero-order valence-corrected chi connectivity index (χ0v) is 8.45. The van der Waals surface area contributed by atoms with Crippen LogP contribution in [0, 0.1) is 0 Å². The van der Waals surface area contributed by atoms with E-state index in [0.29, 0.717) is 0 Å². The second kappa shape index (κ2) is 4.05. The van der Waals surface area contributed by atoms with Gasteiger partial charge in [-0.25, -0.2) is 9.97 Å². The summed E-state index contributed by atoms with van der Waals surface area (Å²) in [6.45, 7) is 0.723. The Morgan fingerprint density at radius 1 is 1.14 bits per heavy atom. The molecule has 0 spiro atoms. The van der Waals surface area contributed by atoms with Crippen molar-refractivity contribution < 1.29 is 0 Å². The smallest absolute Gasteiger partial charge is 0.115 e. The lowest BCUT2D eigenvalue weighted by Gasteiger charge is -2.36. The molecule has 1 aliphatic carbocycles. The molecule has 1 aliphatic rings. The minimum Gasteiger partial charge on any atom is -0.330 e. The second-order valence-corrected chi connectivity index (χ2v) is 4.17. The molecule has 1 aromatic heterocycles. The Balaban J connectivity index is 2.27. The molecule has 0 saturated heterocycles. The van der Waals surface area contributed by atoms with Gasteiger partial charge in [-0.2, -0.15) is 0 Å². The fraction of sp³-hybridized carbons (Fsp3) is 0.636. The van der Waals surface area contributed by atoms with Crippen LogP contribution < -0.4 is 5.73 Å². The number of hydrogen-bond donors (Lipinski definition) is 1. The van der Waals surface area contributed by atoms with Crippen molar-refractivity contribution in [2.24, 2.45) is 5.73 Å². The summed E-state index contributed by atoms with van der Waals surface area (Å²) in [6, 6.07) is 0. The Morgan fingerprint density at radius 3 is 2.36 bits per heavy atom. The molecule has 14 heavy (non-hydrogen) atoms. The molecule has 1 aromatic rings. The normalized spacial score (nSPS) is 20.6. The van der Waals surface area contributed by atoms with E-state index in [0.717, 1.165) is 6.54 Å². The van der Waals surface area contributed by atoms with Crippen molar-refractivity contribution in [2.75, 3.05) is 6.54 Å². The van der Waals surface area contributed by atoms with Gasteiger partial charge in [0.15, 0.2) is 0 Å². The topological polar surface area (TPSA) is 51.8 Å². The molecule has 0 aromatic carbocycles. The molecular formula is C11H17N3. The lowest BCUT2D eigenvalue weighted by atomic mass is 9.70. The van der Waals surface area contributed by atoms with Crippen molar-refractivity contribution in [3.8, 4) is 0 Å². The number of rotatable bonds is 2. The van der Waals surface area contributed by atoms with Crippen LogP contribution in [0.4, 0.5) is 0 Å². The number of nitrogens with zero attached hydrogens (tertiary/aromatic N) is 2. The Bertz CT molecular complexity index is 278. The monoisotopic (exact) mass is 191 g/mol. The Hall–Kier alpha value is -0.960. The van der Waals surface area contributed by atoms with Gasteiger partial charge in [0.25, 0.3) is 0 Å². The average molecular weight is 191 g/mol. The van der Waals surface area contributed by atoms with Crippen LogP contribution in [-0.4, -0.2) is 16.5 Å². The Kier molecular flexibility index (Phi) is 2.77. The highest BCUT2D eigenvalue weighted by atomic mass is 14.8. The van der Waals surface area contributed by atoms with Crippen LogP contribution in [0.5, 0.6) is 0 Å². The van der Waals surface area contributed by atoms with E-state index in [1.54, 1.807) is 6.33 Å². The fourth-order valence-electron chi connectivity index (χ4n) is 2.41. The van der Waals surface area contributed by atoms with Crippen LogP contribution in [0.15, 0.2) is 18.7 Å². The van der Waals surface area contributed by atoms with E-state index in [1.807, 2.05) is 12.4 Å². The maximum absolute atomic E-state index is 5.91. The van der Waals surface area contributed by atoms with E-state index < -0.39 is 0 Å². The predicted octanol–water partition coefficient (Wildman–Crippen LogP) is 1.64. The van der Waals surface area contributed by atoms with Gasteiger partial charge in [0, 0.05) is 24.4 Å². The van der Waals surface area contributed by atoms with Gasteiger partial charge in [-0.15, -0.1) is 0 Å². The van der Waals surface area contributed by atoms with E-state index >= 15 is 0 Å². The predicted molar refractivity (Wildman–Crippen MR) is 55.8 cm³/mol. The summed E-state index contributed by atoms with van der Waals surface area (Å²) < 4.78 is 0. The van der Waals surface area contributed by atoms with Gasteiger partial charge in [-0.1, -0.05) is 19.3 Å². The van der Waals surface area contributed by atoms with Gasteiger partial charge in [0.1, 0.15) is 6.33 Å². The van der Waals surface area contributed by atoms with Gasteiger partial charge in [-0.05, 0) is 18.4 Å². The van der Waals surface area contributed by atoms with Crippen LogP contribution >= 0.6 is 0 Å². The van der Waals surface area contributed by atoms with Crippen LogP contribution in [0.2, 0.25) is 0 Å². The third-order valence-electron chi connectivity index (χ3n) is 3.37. The first-order valence-corrected chi connectivity index (χ1v) is 5.33. The maximum Gasteiger partial charge on any atom is 0.115 e. The van der Waals surface area contributed by atoms with Crippen molar-refractivity contribution in [2.45, 2.75) is 37.5 Å². The molecule has 3 heteroatoms. The molecule has 0 radical (unpaired) electrons. The summed E-state index contributed by atoms with van der Waals surface area (Å²) in [5.41, 5.74) is 7.31. The summed E-state index contributed by atoms with van der Waals surface area (Å²) in [6.07, 6.45) is 11.7. The number of nitrogens with two attached hydrogens (primary N) is 1. The average Bonchev–Trinajstić information content (AvgIpc) is 2.31. The molecule has 0 unspecified atom stereocenters. The molecule has 0 aliphatic heterocycles. The molecule has 2 rings (SSSR count). The van der Waals surface area contributed by atoms with E-state index in [1.165, 1.54) is 37.7 Å². The minimum absolute atomic E-state index is 0.166.